The molecule has 1 aliphatic heterocycles. The fourth-order valence-electron chi connectivity index (χ4n) is 2.78. The van der Waals surface area contributed by atoms with Crippen molar-refractivity contribution in [2.24, 2.45) is 5.41 Å². The summed E-state index contributed by atoms with van der Waals surface area (Å²) in [6.45, 7) is 5.77. The summed E-state index contributed by atoms with van der Waals surface area (Å²) in [5, 5.41) is 9.47. The van der Waals surface area contributed by atoms with E-state index in [2.05, 4.69) is 15.6 Å². The summed E-state index contributed by atoms with van der Waals surface area (Å²) in [5.74, 6) is 0.0892. The maximum absolute atomic E-state index is 12.6. The van der Waals surface area contributed by atoms with Crippen LogP contribution < -0.4 is 10.6 Å². The highest BCUT2D eigenvalue weighted by molar-refractivity contribution is 7.09. The summed E-state index contributed by atoms with van der Waals surface area (Å²) in [4.78, 5) is 17.1. The third-order valence-electron chi connectivity index (χ3n) is 4.18. The first-order chi connectivity index (χ1) is 10.6. The lowest BCUT2D eigenvalue weighted by molar-refractivity contribution is -0.125. The molecule has 1 aromatic heterocycles. The monoisotopic (exact) mass is 351 g/mol. The normalized spacial score (nSPS) is 20.6. The first-order valence-electron chi connectivity index (χ1n) is 7.62. The molecule has 0 saturated carbocycles. The van der Waals surface area contributed by atoms with Crippen molar-refractivity contribution in [3.63, 3.8) is 0 Å². The highest BCUT2D eigenvalue weighted by atomic mass is 35.5. The van der Waals surface area contributed by atoms with Gasteiger partial charge in [-0.3, -0.25) is 4.79 Å². The zero-order valence-corrected chi connectivity index (χ0v) is 15.0. The second-order valence-corrected chi connectivity index (χ2v) is 7.19. The van der Waals surface area contributed by atoms with Crippen LogP contribution in [0.4, 0.5) is 5.69 Å². The summed E-state index contributed by atoms with van der Waals surface area (Å²) in [7, 11) is 0. The minimum absolute atomic E-state index is 0. The van der Waals surface area contributed by atoms with Gasteiger partial charge in [-0.2, -0.15) is 0 Å². The number of nitrogens with one attached hydrogen (secondary N) is 2. The second-order valence-electron chi connectivity index (χ2n) is 6.13. The summed E-state index contributed by atoms with van der Waals surface area (Å²) in [6.07, 6.45) is 1.97. The Balaban J connectivity index is 0.00000192. The standard InChI is InChI=1S/C17H21N3OS.ClH/c1-12-19-15(10-22-12)13-5-3-6-14(9-13)20-16(21)17(2)7-4-8-18-11-17;/h3,5-6,9-10,18H,4,7-8,11H2,1-2H3,(H,20,21);1H. The molecule has 1 fully saturated rings. The second kappa shape index (κ2) is 7.43. The van der Waals surface area contributed by atoms with E-state index in [-0.39, 0.29) is 23.7 Å². The van der Waals surface area contributed by atoms with E-state index < -0.39 is 0 Å². The van der Waals surface area contributed by atoms with Crippen molar-refractivity contribution in [3.05, 3.63) is 34.7 Å². The molecule has 124 valence electrons. The number of hydrogen-bond donors (Lipinski definition) is 2. The average molecular weight is 352 g/mol. The van der Waals surface area contributed by atoms with Crippen molar-refractivity contribution in [1.29, 1.82) is 0 Å². The highest BCUT2D eigenvalue weighted by Crippen LogP contribution is 2.29. The molecule has 2 heterocycles. The van der Waals surface area contributed by atoms with E-state index in [1.54, 1.807) is 11.3 Å². The quantitative estimate of drug-likeness (QED) is 0.882. The van der Waals surface area contributed by atoms with Gasteiger partial charge in [-0.1, -0.05) is 12.1 Å². The van der Waals surface area contributed by atoms with Crippen LogP contribution in [-0.4, -0.2) is 24.0 Å². The van der Waals surface area contributed by atoms with Crippen molar-refractivity contribution in [3.8, 4) is 11.3 Å². The van der Waals surface area contributed by atoms with Gasteiger partial charge in [-0.25, -0.2) is 4.98 Å². The Morgan fingerprint density at radius 2 is 2.26 bits per heavy atom. The van der Waals surface area contributed by atoms with E-state index in [1.807, 2.05) is 43.5 Å². The van der Waals surface area contributed by atoms with Gasteiger partial charge >= 0.3 is 0 Å². The summed E-state index contributed by atoms with van der Waals surface area (Å²) in [5.41, 5.74) is 2.50. The number of rotatable bonds is 3. The maximum atomic E-state index is 12.6. The number of nitrogens with zero attached hydrogens (tertiary/aromatic N) is 1. The van der Waals surface area contributed by atoms with Crippen LogP contribution in [0.15, 0.2) is 29.6 Å². The lowest BCUT2D eigenvalue weighted by Gasteiger charge is -2.32. The number of aromatic nitrogens is 1. The van der Waals surface area contributed by atoms with Gasteiger partial charge in [0.05, 0.1) is 16.1 Å². The fraction of sp³-hybridized carbons (Fsp3) is 0.412. The Bertz CT molecular complexity index is 680. The minimum Gasteiger partial charge on any atom is -0.326 e. The van der Waals surface area contributed by atoms with Crippen LogP contribution in [0.3, 0.4) is 0 Å². The molecule has 2 aromatic rings. The van der Waals surface area contributed by atoms with E-state index in [1.165, 1.54) is 0 Å². The predicted molar refractivity (Wildman–Crippen MR) is 98.4 cm³/mol. The molecule has 0 radical (unpaired) electrons. The topological polar surface area (TPSA) is 54.0 Å². The number of halogens is 1. The van der Waals surface area contributed by atoms with Gasteiger partial charge in [0.2, 0.25) is 5.91 Å². The van der Waals surface area contributed by atoms with Crippen LogP contribution in [0.25, 0.3) is 11.3 Å². The molecule has 1 saturated heterocycles. The molecular weight excluding hydrogens is 330 g/mol. The predicted octanol–water partition coefficient (Wildman–Crippen LogP) is 3.87. The summed E-state index contributed by atoms with van der Waals surface area (Å²) >= 11 is 1.63. The van der Waals surface area contributed by atoms with E-state index in [0.29, 0.717) is 0 Å². The van der Waals surface area contributed by atoms with Crippen LogP contribution >= 0.6 is 23.7 Å². The molecule has 1 aliphatic rings. The maximum Gasteiger partial charge on any atom is 0.231 e. The van der Waals surface area contributed by atoms with Crippen molar-refractivity contribution < 1.29 is 4.79 Å². The van der Waals surface area contributed by atoms with Gasteiger partial charge in [0, 0.05) is 23.2 Å². The number of aryl methyl sites for hydroxylation is 1. The number of thiazole rings is 1. The van der Waals surface area contributed by atoms with Crippen LogP contribution in [-0.2, 0) is 4.79 Å². The largest absolute Gasteiger partial charge is 0.326 e. The third kappa shape index (κ3) is 4.10. The van der Waals surface area contributed by atoms with Gasteiger partial charge in [-0.05, 0) is 45.4 Å². The Labute approximate surface area is 147 Å². The molecule has 0 bridgehead atoms. The third-order valence-corrected chi connectivity index (χ3v) is 4.95. The van der Waals surface area contributed by atoms with Crippen LogP contribution in [0.5, 0.6) is 0 Å². The van der Waals surface area contributed by atoms with E-state index in [9.17, 15) is 4.79 Å². The van der Waals surface area contributed by atoms with E-state index in [4.69, 9.17) is 0 Å². The Morgan fingerprint density at radius 1 is 1.43 bits per heavy atom. The molecule has 0 spiro atoms. The number of carbonyl (C=O) groups excluding carboxylic acids is 1. The van der Waals surface area contributed by atoms with Crippen molar-refractivity contribution in [2.75, 3.05) is 18.4 Å². The van der Waals surface area contributed by atoms with Gasteiger partial charge in [0.1, 0.15) is 0 Å². The van der Waals surface area contributed by atoms with E-state index in [0.717, 1.165) is 47.9 Å². The Hall–Kier alpha value is -1.43. The van der Waals surface area contributed by atoms with Gasteiger partial charge in [0.15, 0.2) is 0 Å². The molecular formula is C17H22ClN3OS. The van der Waals surface area contributed by atoms with E-state index >= 15 is 0 Å². The molecule has 6 heteroatoms. The number of anilines is 1. The number of carbonyl (C=O) groups is 1. The molecule has 0 aliphatic carbocycles. The highest BCUT2D eigenvalue weighted by Gasteiger charge is 2.34. The lowest BCUT2D eigenvalue weighted by atomic mass is 9.82. The molecule has 1 aromatic carbocycles. The Kier molecular flexibility index (Phi) is 5.79. The molecule has 4 nitrogen and oxygen atoms in total. The number of hydrogen-bond acceptors (Lipinski definition) is 4. The average Bonchev–Trinajstić information content (AvgIpc) is 2.95. The molecule has 23 heavy (non-hydrogen) atoms. The lowest BCUT2D eigenvalue weighted by Crippen LogP contribution is -2.46. The van der Waals surface area contributed by atoms with Crippen molar-refractivity contribution in [2.45, 2.75) is 26.7 Å². The van der Waals surface area contributed by atoms with Gasteiger partial charge in [-0.15, -0.1) is 23.7 Å². The molecule has 2 N–H and O–H groups in total. The smallest absolute Gasteiger partial charge is 0.231 e. The van der Waals surface area contributed by atoms with Gasteiger partial charge < -0.3 is 10.6 Å². The fourth-order valence-corrected chi connectivity index (χ4v) is 3.41. The molecule has 1 amide bonds. The van der Waals surface area contributed by atoms with Crippen LogP contribution in [0.1, 0.15) is 24.8 Å². The van der Waals surface area contributed by atoms with Crippen LogP contribution in [0, 0.1) is 12.3 Å². The number of amides is 1. The molecule has 1 atom stereocenters. The number of benzene rings is 1. The van der Waals surface area contributed by atoms with Crippen molar-refractivity contribution in [1.82, 2.24) is 10.3 Å². The SMILES string of the molecule is Cc1nc(-c2cccc(NC(=O)C3(C)CCCNC3)c2)cs1.Cl. The summed E-state index contributed by atoms with van der Waals surface area (Å²) < 4.78 is 0. The Morgan fingerprint density at radius 3 is 2.91 bits per heavy atom. The first kappa shape index (κ1) is 17.9. The van der Waals surface area contributed by atoms with Crippen LogP contribution in [0.2, 0.25) is 0 Å². The molecule has 1 unspecified atom stereocenters. The number of piperidine rings is 1. The zero-order valence-electron chi connectivity index (χ0n) is 13.4. The molecule has 3 rings (SSSR count). The van der Waals surface area contributed by atoms with Gasteiger partial charge in [0.25, 0.3) is 0 Å². The zero-order chi connectivity index (χ0) is 15.6. The summed E-state index contributed by atoms with van der Waals surface area (Å²) in [6, 6.07) is 7.90. The van der Waals surface area contributed by atoms with Crippen molar-refractivity contribution >= 4 is 35.3 Å². The minimum atomic E-state index is -0.328. The first-order valence-corrected chi connectivity index (χ1v) is 8.50.